The third kappa shape index (κ3) is 4.16. The largest absolute Gasteiger partial charge is 0.434 e. The monoisotopic (exact) mass is 461 g/mol. The van der Waals surface area contributed by atoms with Gasteiger partial charge < -0.3 is 5.32 Å². The normalized spacial score (nSPS) is 11.6. The van der Waals surface area contributed by atoms with Crippen LogP contribution in [0.1, 0.15) is 21.7 Å². The number of carbonyl (C=O) groups excluding carboxylic acids is 1. The van der Waals surface area contributed by atoms with Crippen molar-refractivity contribution in [1.29, 1.82) is 0 Å². The van der Waals surface area contributed by atoms with Gasteiger partial charge in [0.2, 0.25) is 0 Å². The molecule has 0 aliphatic rings. The molecule has 2 aromatic heterocycles. The molecule has 0 aliphatic carbocycles. The molecule has 6 nitrogen and oxygen atoms in total. The lowest BCUT2D eigenvalue weighted by Crippen LogP contribution is -2.13. The highest BCUT2D eigenvalue weighted by atomic mass is 79.9. The zero-order valence-corrected chi connectivity index (χ0v) is 16.1. The van der Waals surface area contributed by atoms with Crippen molar-refractivity contribution in [3.05, 3.63) is 63.1 Å². The third-order valence-electron chi connectivity index (χ3n) is 3.65. The van der Waals surface area contributed by atoms with Crippen molar-refractivity contribution in [3.63, 3.8) is 0 Å². The Morgan fingerprint density at radius 3 is 2.67 bits per heavy atom. The van der Waals surface area contributed by atoms with Gasteiger partial charge in [0.15, 0.2) is 11.4 Å². The van der Waals surface area contributed by atoms with Crippen molar-refractivity contribution in [2.24, 2.45) is 7.05 Å². The van der Waals surface area contributed by atoms with Gasteiger partial charge in [0.05, 0.1) is 22.9 Å². The minimum absolute atomic E-state index is 0.318. The first-order chi connectivity index (χ1) is 12.7. The van der Waals surface area contributed by atoms with Crippen LogP contribution in [0.15, 0.2) is 41.1 Å². The van der Waals surface area contributed by atoms with E-state index in [-0.39, 0.29) is 5.69 Å². The van der Waals surface area contributed by atoms with Crippen molar-refractivity contribution in [3.8, 4) is 0 Å². The van der Waals surface area contributed by atoms with Crippen molar-refractivity contribution >= 4 is 39.1 Å². The van der Waals surface area contributed by atoms with Crippen molar-refractivity contribution in [2.45, 2.75) is 12.7 Å². The van der Waals surface area contributed by atoms with Gasteiger partial charge in [0.25, 0.3) is 5.91 Å². The first-order valence-corrected chi connectivity index (χ1v) is 8.71. The fourth-order valence-corrected chi connectivity index (χ4v) is 3.39. The molecule has 0 atom stereocenters. The molecule has 1 aromatic carbocycles. The highest BCUT2D eigenvalue weighted by molar-refractivity contribution is 9.10. The fraction of sp³-hybridized carbons (Fsp3) is 0.188. The van der Waals surface area contributed by atoms with E-state index in [0.29, 0.717) is 21.9 Å². The Morgan fingerprint density at radius 2 is 2.04 bits per heavy atom. The van der Waals surface area contributed by atoms with E-state index in [2.05, 4.69) is 31.4 Å². The van der Waals surface area contributed by atoms with E-state index >= 15 is 0 Å². The maximum atomic E-state index is 13.0. The zero-order chi connectivity index (χ0) is 19.8. The first kappa shape index (κ1) is 19.4. The van der Waals surface area contributed by atoms with E-state index in [0.717, 1.165) is 12.6 Å². The zero-order valence-electron chi connectivity index (χ0n) is 13.8. The molecule has 0 fully saturated rings. The van der Waals surface area contributed by atoms with Gasteiger partial charge in [-0.1, -0.05) is 29.8 Å². The summed E-state index contributed by atoms with van der Waals surface area (Å²) in [7, 11) is 1.12. The van der Waals surface area contributed by atoms with Gasteiger partial charge in [-0.05, 0) is 27.6 Å². The molecule has 0 saturated heterocycles. The van der Waals surface area contributed by atoms with Crippen LogP contribution in [0.5, 0.6) is 0 Å². The molecule has 2 heterocycles. The molecule has 1 N–H and O–H groups in total. The molecule has 3 rings (SSSR count). The molecule has 27 heavy (non-hydrogen) atoms. The molecule has 11 heteroatoms. The van der Waals surface area contributed by atoms with Gasteiger partial charge in [0, 0.05) is 18.3 Å². The number of amides is 1. The van der Waals surface area contributed by atoms with E-state index in [1.54, 1.807) is 23.0 Å². The molecule has 0 saturated carbocycles. The summed E-state index contributed by atoms with van der Waals surface area (Å²) in [5.41, 5.74) is -0.258. The summed E-state index contributed by atoms with van der Waals surface area (Å²) in [5.74, 6) is -0.787. The lowest BCUT2D eigenvalue weighted by atomic mass is 10.2. The quantitative estimate of drug-likeness (QED) is 0.627. The Hall–Kier alpha value is -2.33. The SMILES string of the molecule is Cn1nc(C(=O)Nc2cnn(Cc3ccccc3Cl)c2)c(Br)c1C(F)(F)F. The number of aromatic nitrogens is 4. The second-order valence-corrected chi connectivity index (χ2v) is 6.80. The van der Waals surface area contributed by atoms with Crippen LogP contribution in [0.2, 0.25) is 5.02 Å². The average molecular weight is 463 g/mol. The summed E-state index contributed by atoms with van der Waals surface area (Å²) in [4.78, 5) is 12.3. The molecule has 1 amide bonds. The van der Waals surface area contributed by atoms with Gasteiger partial charge >= 0.3 is 6.18 Å². The van der Waals surface area contributed by atoms with Crippen LogP contribution in [0.3, 0.4) is 0 Å². The second-order valence-electron chi connectivity index (χ2n) is 5.60. The van der Waals surface area contributed by atoms with Crippen molar-refractivity contribution in [2.75, 3.05) is 5.32 Å². The topological polar surface area (TPSA) is 64.7 Å². The summed E-state index contributed by atoms with van der Waals surface area (Å²) in [5, 5.41) is 10.8. The lowest BCUT2D eigenvalue weighted by molar-refractivity contribution is -0.144. The number of aryl methyl sites for hydroxylation is 1. The van der Waals surface area contributed by atoms with Crippen LogP contribution < -0.4 is 5.32 Å². The average Bonchev–Trinajstić information content (AvgIpc) is 3.12. The summed E-state index contributed by atoms with van der Waals surface area (Å²) in [6.07, 6.45) is -1.71. The van der Waals surface area contributed by atoms with Crippen LogP contribution in [-0.4, -0.2) is 25.5 Å². The molecule has 0 bridgehead atoms. The molecule has 3 aromatic rings. The highest BCUT2D eigenvalue weighted by Gasteiger charge is 2.39. The van der Waals surface area contributed by atoms with E-state index in [4.69, 9.17) is 11.6 Å². The molecule has 0 aliphatic heterocycles. The van der Waals surface area contributed by atoms with Crippen LogP contribution in [0, 0.1) is 0 Å². The van der Waals surface area contributed by atoms with E-state index in [9.17, 15) is 18.0 Å². The van der Waals surface area contributed by atoms with Gasteiger partial charge in [-0.3, -0.25) is 14.2 Å². The lowest BCUT2D eigenvalue weighted by Gasteiger charge is -2.06. The summed E-state index contributed by atoms with van der Waals surface area (Å²) in [6, 6.07) is 7.23. The number of nitrogens with one attached hydrogen (secondary N) is 1. The number of rotatable bonds is 4. The van der Waals surface area contributed by atoms with Crippen molar-refractivity contribution in [1.82, 2.24) is 19.6 Å². The first-order valence-electron chi connectivity index (χ1n) is 7.53. The third-order valence-corrected chi connectivity index (χ3v) is 4.77. The minimum atomic E-state index is -4.64. The molecule has 142 valence electrons. The molecule has 0 unspecified atom stereocenters. The Bertz CT molecular complexity index is 998. The number of carbonyl (C=O) groups is 1. The number of hydrogen-bond donors (Lipinski definition) is 1. The van der Waals surface area contributed by atoms with E-state index in [1.807, 2.05) is 12.1 Å². The number of anilines is 1. The fourth-order valence-electron chi connectivity index (χ4n) is 2.46. The molecule has 0 radical (unpaired) electrons. The second kappa shape index (κ2) is 7.35. The smallest absolute Gasteiger partial charge is 0.318 e. The van der Waals surface area contributed by atoms with Crippen LogP contribution in [-0.2, 0) is 19.8 Å². The Balaban J connectivity index is 1.76. The van der Waals surface area contributed by atoms with Gasteiger partial charge in [-0.15, -0.1) is 0 Å². The number of alkyl halides is 3. The molecular formula is C16H12BrClF3N5O. The highest BCUT2D eigenvalue weighted by Crippen LogP contribution is 2.36. The maximum Gasteiger partial charge on any atom is 0.434 e. The summed E-state index contributed by atoms with van der Waals surface area (Å²) < 4.78 is 40.8. The maximum absolute atomic E-state index is 13.0. The van der Waals surface area contributed by atoms with Crippen molar-refractivity contribution < 1.29 is 18.0 Å². The number of nitrogens with zero attached hydrogens (tertiary/aromatic N) is 4. The van der Waals surface area contributed by atoms with Crippen LogP contribution in [0.4, 0.5) is 18.9 Å². The van der Waals surface area contributed by atoms with Gasteiger partial charge in [-0.2, -0.15) is 23.4 Å². The van der Waals surface area contributed by atoms with Crippen LogP contribution in [0.25, 0.3) is 0 Å². The minimum Gasteiger partial charge on any atom is -0.318 e. The summed E-state index contributed by atoms with van der Waals surface area (Å²) in [6.45, 7) is 0.376. The Morgan fingerprint density at radius 1 is 1.33 bits per heavy atom. The summed E-state index contributed by atoms with van der Waals surface area (Å²) >= 11 is 8.91. The van der Waals surface area contributed by atoms with Gasteiger partial charge in [-0.25, -0.2) is 0 Å². The van der Waals surface area contributed by atoms with Gasteiger partial charge in [0.1, 0.15) is 0 Å². The Kier molecular flexibility index (Phi) is 5.29. The van der Waals surface area contributed by atoms with Crippen LogP contribution >= 0.6 is 27.5 Å². The standard InChI is InChI=1S/C16H12BrClF3N5O/c1-25-14(16(19,20)21)12(17)13(24-25)15(27)23-10-6-22-26(8-10)7-9-4-2-3-5-11(9)18/h2-6,8H,7H2,1H3,(H,23,27). The molecular weight excluding hydrogens is 451 g/mol. The predicted molar refractivity (Wildman–Crippen MR) is 96.6 cm³/mol. The Labute approximate surface area is 165 Å². The number of hydrogen-bond acceptors (Lipinski definition) is 3. The molecule has 0 spiro atoms. The van der Waals surface area contributed by atoms with E-state index in [1.165, 1.54) is 6.20 Å². The predicted octanol–water partition coefficient (Wildman–Crippen LogP) is 4.35. The number of benzene rings is 1. The van der Waals surface area contributed by atoms with E-state index < -0.39 is 22.3 Å². The number of halogens is 5.